The molecule has 104 valence electrons. The topological polar surface area (TPSA) is 49.7 Å². The summed E-state index contributed by atoms with van der Waals surface area (Å²) in [6.07, 6.45) is 6.04. The first-order chi connectivity index (χ1) is 8.64. The Hall–Kier alpha value is 0.230. The van der Waals surface area contributed by atoms with Crippen molar-refractivity contribution in [3.05, 3.63) is 0 Å². The molecule has 0 aromatic rings. The van der Waals surface area contributed by atoms with Crippen molar-refractivity contribution in [2.45, 2.75) is 62.3 Å². The van der Waals surface area contributed by atoms with Crippen molar-refractivity contribution in [3.63, 3.8) is 0 Å². The van der Waals surface area contributed by atoms with Gasteiger partial charge in [-0.1, -0.05) is 12.8 Å². The van der Waals surface area contributed by atoms with E-state index < -0.39 is 11.7 Å². The Labute approximate surface area is 113 Å². The van der Waals surface area contributed by atoms with Gasteiger partial charge in [0, 0.05) is 12.4 Å². The Morgan fingerprint density at radius 2 is 2.00 bits per heavy atom. The van der Waals surface area contributed by atoms with Gasteiger partial charge < -0.3 is 14.9 Å². The normalized spacial score (nSPS) is 41.3. The highest BCUT2D eigenvalue weighted by molar-refractivity contribution is 7.99. The first kappa shape index (κ1) is 13.2. The molecule has 2 aliphatic heterocycles. The molecule has 1 spiro atoms. The molecule has 2 N–H and O–H groups in total. The molecule has 0 aromatic carbocycles. The number of hydrogen-bond acceptors (Lipinski definition) is 4. The molecule has 0 amide bonds. The van der Waals surface area contributed by atoms with Crippen LogP contribution in [0.1, 0.15) is 44.9 Å². The molecule has 0 bridgehead atoms. The smallest absolute Gasteiger partial charge is 0.0908 e. The number of aliphatic hydroxyl groups excluding tert-OH is 1. The second-order valence-electron chi connectivity index (χ2n) is 6.34. The SMILES string of the molecule is OC(C1CCOC2(CCSC2)C1)C1(O)CCCC1. The molecule has 3 fully saturated rings. The van der Waals surface area contributed by atoms with Gasteiger partial charge in [-0.3, -0.25) is 0 Å². The van der Waals surface area contributed by atoms with E-state index in [0.29, 0.717) is 0 Å². The Morgan fingerprint density at radius 1 is 1.22 bits per heavy atom. The number of aliphatic hydroxyl groups is 2. The van der Waals surface area contributed by atoms with Crippen molar-refractivity contribution < 1.29 is 14.9 Å². The van der Waals surface area contributed by atoms with Gasteiger partial charge in [-0.25, -0.2) is 0 Å². The highest BCUT2D eigenvalue weighted by Gasteiger charge is 2.48. The van der Waals surface area contributed by atoms with E-state index in [-0.39, 0.29) is 11.5 Å². The zero-order valence-electron chi connectivity index (χ0n) is 10.9. The van der Waals surface area contributed by atoms with E-state index in [1.54, 1.807) is 0 Å². The Kier molecular flexibility index (Phi) is 3.65. The minimum absolute atomic E-state index is 0.00350. The fourth-order valence-corrected chi connectivity index (χ4v) is 5.30. The summed E-state index contributed by atoms with van der Waals surface area (Å²) in [5.41, 5.74) is -0.807. The molecular formula is C14H24O3S. The maximum absolute atomic E-state index is 10.6. The van der Waals surface area contributed by atoms with Crippen LogP contribution in [0.3, 0.4) is 0 Å². The second kappa shape index (κ2) is 4.97. The van der Waals surface area contributed by atoms with Gasteiger partial charge in [-0.2, -0.15) is 11.8 Å². The number of thioether (sulfide) groups is 1. The quantitative estimate of drug-likeness (QED) is 0.807. The zero-order chi connectivity index (χ0) is 12.6. The van der Waals surface area contributed by atoms with Gasteiger partial charge in [0.1, 0.15) is 0 Å². The molecule has 0 aromatic heterocycles. The van der Waals surface area contributed by atoms with Gasteiger partial charge in [-0.15, -0.1) is 0 Å². The van der Waals surface area contributed by atoms with E-state index >= 15 is 0 Å². The largest absolute Gasteiger partial charge is 0.390 e. The average molecular weight is 272 g/mol. The van der Waals surface area contributed by atoms with E-state index in [0.717, 1.165) is 57.3 Å². The van der Waals surface area contributed by atoms with Crippen molar-refractivity contribution in [3.8, 4) is 0 Å². The molecule has 3 unspecified atom stereocenters. The van der Waals surface area contributed by atoms with Crippen molar-refractivity contribution in [2.75, 3.05) is 18.1 Å². The van der Waals surface area contributed by atoms with Crippen LogP contribution in [0.5, 0.6) is 0 Å². The summed E-state index contributed by atoms with van der Waals surface area (Å²) in [5, 5.41) is 21.1. The van der Waals surface area contributed by atoms with Crippen LogP contribution < -0.4 is 0 Å². The van der Waals surface area contributed by atoms with Crippen LogP contribution in [0, 0.1) is 5.92 Å². The van der Waals surface area contributed by atoms with Crippen LogP contribution in [0.15, 0.2) is 0 Å². The minimum Gasteiger partial charge on any atom is -0.390 e. The highest BCUT2D eigenvalue weighted by atomic mass is 32.2. The summed E-state index contributed by atoms with van der Waals surface area (Å²) in [6, 6.07) is 0. The Morgan fingerprint density at radius 3 is 2.67 bits per heavy atom. The Balaban J connectivity index is 1.68. The van der Waals surface area contributed by atoms with Crippen LogP contribution in [-0.4, -0.2) is 45.6 Å². The molecule has 3 aliphatic rings. The molecule has 4 heteroatoms. The third kappa shape index (κ3) is 2.33. The lowest BCUT2D eigenvalue weighted by Gasteiger charge is -2.43. The fourth-order valence-electron chi connectivity index (χ4n) is 3.92. The van der Waals surface area contributed by atoms with Crippen LogP contribution in [0.2, 0.25) is 0 Å². The van der Waals surface area contributed by atoms with Gasteiger partial charge in [0.05, 0.1) is 17.3 Å². The van der Waals surface area contributed by atoms with E-state index in [1.807, 2.05) is 11.8 Å². The predicted octanol–water partition coefficient (Wildman–Crippen LogP) is 1.95. The van der Waals surface area contributed by atoms with Crippen LogP contribution in [-0.2, 0) is 4.74 Å². The molecule has 3 nitrogen and oxygen atoms in total. The standard InChI is InChI=1S/C14H24O3S/c15-12(14(16)4-1-2-5-14)11-3-7-17-13(9-11)6-8-18-10-13/h11-12,15-16H,1-10H2. The van der Waals surface area contributed by atoms with Gasteiger partial charge in [0.15, 0.2) is 0 Å². The number of ether oxygens (including phenoxy) is 1. The third-order valence-corrected chi connectivity index (χ3v) is 6.29. The summed E-state index contributed by atoms with van der Waals surface area (Å²) in [4.78, 5) is 0. The minimum atomic E-state index is -0.811. The van der Waals surface area contributed by atoms with Crippen LogP contribution in [0.25, 0.3) is 0 Å². The molecule has 18 heavy (non-hydrogen) atoms. The van der Waals surface area contributed by atoms with Gasteiger partial charge >= 0.3 is 0 Å². The predicted molar refractivity (Wildman–Crippen MR) is 72.8 cm³/mol. The van der Waals surface area contributed by atoms with Crippen molar-refractivity contribution >= 4 is 11.8 Å². The lowest BCUT2D eigenvalue weighted by Crippen LogP contribution is -2.50. The lowest BCUT2D eigenvalue weighted by atomic mass is 9.76. The molecule has 2 saturated heterocycles. The first-order valence-electron chi connectivity index (χ1n) is 7.26. The van der Waals surface area contributed by atoms with Crippen molar-refractivity contribution in [2.24, 2.45) is 5.92 Å². The van der Waals surface area contributed by atoms with E-state index in [1.165, 1.54) is 5.75 Å². The molecule has 3 atom stereocenters. The number of rotatable bonds is 2. The molecule has 2 heterocycles. The second-order valence-corrected chi connectivity index (χ2v) is 7.45. The highest BCUT2D eigenvalue weighted by Crippen LogP contribution is 2.44. The fraction of sp³-hybridized carbons (Fsp3) is 1.00. The van der Waals surface area contributed by atoms with Crippen molar-refractivity contribution in [1.29, 1.82) is 0 Å². The van der Waals surface area contributed by atoms with Crippen LogP contribution in [0.4, 0.5) is 0 Å². The maximum Gasteiger partial charge on any atom is 0.0908 e. The Bertz CT molecular complexity index is 285. The first-order valence-corrected chi connectivity index (χ1v) is 8.41. The maximum atomic E-state index is 10.6. The van der Waals surface area contributed by atoms with Gasteiger partial charge in [0.25, 0.3) is 0 Å². The van der Waals surface area contributed by atoms with Crippen LogP contribution >= 0.6 is 11.8 Å². The number of hydrogen-bond donors (Lipinski definition) is 2. The monoisotopic (exact) mass is 272 g/mol. The molecule has 3 rings (SSSR count). The lowest BCUT2D eigenvalue weighted by molar-refractivity contribution is -0.148. The zero-order valence-corrected chi connectivity index (χ0v) is 11.8. The molecule has 0 radical (unpaired) electrons. The summed E-state index contributed by atoms with van der Waals surface area (Å²) < 4.78 is 5.99. The van der Waals surface area contributed by atoms with Gasteiger partial charge in [-0.05, 0) is 43.8 Å². The van der Waals surface area contributed by atoms with Gasteiger partial charge in [0.2, 0.25) is 0 Å². The van der Waals surface area contributed by atoms with E-state index in [9.17, 15) is 10.2 Å². The van der Waals surface area contributed by atoms with E-state index in [2.05, 4.69) is 0 Å². The van der Waals surface area contributed by atoms with E-state index in [4.69, 9.17) is 4.74 Å². The molecule has 1 aliphatic carbocycles. The summed E-state index contributed by atoms with van der Waals surface area (Å²) in [6.45, 7) is 0.748. The third-order valence-electron chi connectivity index (χ3n) is 5.06. The summed E-state index contributed by atoms with van der Waals surface area (Å²) in [7, 11) is 0. The molecule has 1 saturated carbocycles. The summed E-state index contributed by atoms with van der Waals surface area (Å²) in [5.74, 6) is 2.46. The van der Waals surface area contributed by atoms with Crippen molar-refractivity contribution in [1.82, 2.24) is 0 Å². The summed E-state index contributed by atoms with van der Waals surface area (Å²) >= 11 is 1.96. The average Bonchev–Trinajstić information content (AvgIpc) is 2.99. The molecular weight excluding hydrogens is 248 g/mol.